The molecule has 1 saturated heterocycles. The summed E-state index contributed by atoms with van der Waals surface area (Å²) < 4.78 is 7.12. The van der Waals surface area contributed by atoms with E-state index in [1.54, 1.807) is 24.8 Å². The number of carbonyl (C=O) groups is 1. The number of ether oxygens (including phenoxy) is 1. The van der Waals surface area contributed by atoms with Crippen molar-refractivity contribution in [3.8, 4) is 5.75 Å². The van der Waals surface area contributed by atoms with Crippen LogP contribution in [-0.4, -0.2) is 58.9 Å². The highest BCUT2D eigenvalue weighted by Crippen LogP contribution is 2.29. The molecule has 152 valence electrons. The number of hydrogen-bond acceptors (Lipinski definition) is 6. The molecule has 0 spiro atoms. The molecule has 1 aromatic carbocycles. The summed E-state index contributed by atoms with van der Waals surface area (Å²) in [6.07, 6.45) is 6.51. The van der Waals surface area contributed by atoms with Crippen molar-refractivity contribution in [1.82, 2.24) is 25.0 Å². The molecule has 28 heavy (non-hydrogen) atoms. The van der Waals surface area contributed by atoms with E-state index in [0.717, 1.165) is 45.4 Å². The lowest BCUT2D eigenvalue weighted by atomic mass is 9.96. The molecule has 0 bridgehead atoms. The highest BCUT2D eigenvalue weighted by molar-refractivity contribution is 6.33. The van der Waals surface area contributed by atoms with Gasteiger partial charge in [0.15, 0.2) is 0 Å². The van der Waals surface area contributed by atoms with E-state index in [0.29, 0.717) is 34.5 Å². The zero-order valence-electron chi connectivity index (χ0n) is 16.1. The zero-order chi connectivity index (χ0) is 19.9. The molecular weight excluding hydrogens is 380 g/mol. The molecule has 1 aromatic heterocycles. The third-order valence-corrected chi connectivity index (χ3v) is 5.48. The number of nitrogens with two attached hydrogens (primary N) is 1. The summed E-state index contributed by atoms with van der Waals surface area (Å²) >= 11 is 6.05. The van der Waals surface area contributed by atoms with Crippen LogP contribution in [0.5, 0.6) is 5.75 Å². The number of rotatable bonds is 8. The van der Waals surface area contributed by atoms with E-state index in [-0.39, 0.29) is 5.91 Å². The number of carbonyl (C=O) groups excluding carboxylic acids is 1. The maximum Gasteiger partial charge on any atom is 0.255 e. The largest absolute Gasteiger partial charge is 0.496 e. The fourth-order valence-corrected chi connectivity index (χ4v) is 3.63. The number of aryl methyl sites for hydroxylation is 1. The molecule has 2 heterocycles. The van der Waals surface area contributed by atoms with Gasteiger partial charge in [-0.2, -0.15) is 5.10 Å². The number of nitrogens with one attached hydrogen (secondary N) is 1. The Labute approximate surface area is 170 Å². The minimum absolute atomic E-state index is 0.186. The number of amides is 1. The van der Waals surface area contributed by atoms with Crippen LogP contribution in [0.15, 0.2) is 24.8 Å². The van der Waals surface area contributed by atoms with Crippen LogP contribution in [0, 0.1) is 5.92 Å². The van der Waals surface area contributed by atoms with E-state index in [4.69, 9.17) is 22.1 Å². The highest BCUT2D eigenvalue weighted by atomic mass is 35.5. The second-order valence-electron chi connectivity index (χ2n) is 7.08. The predicted molar refractivity (Wildman–Crippen MR) is 109 cm³/mol. The van der Waals surface area contributed by atoms with Crippen molar-refractivity contribution < 1.29 is 9.53 Å². The number of nitrogens with zero attached hydrogens (tertiary/aromatic N) is 4. The molecule has 0 aliphatic carbocycles. The second kappa shape index (κ2) is 9.75. The molecule has 1 amide bonds. The molecule has 8 nitrogen and oxygen atoms in total. The number of aromatic nitrogens is 3. The summed E-state index contributed by atoms with van der Waals surface area (Å²) in [6.45, 7) is 4.70. The molecule has 1 fully saturated rings. The molecule has 0 radical (unpaired) electrons. The average molecular weight is 407 g/mol. The van der Waals surface area contributed by atoms with Crippen LogP contribution < -0.4 is 15.8 Å². The molecule has 1 aliphatic rings. The molecule has 0 unspecified atom stereocenters. The van der Waals surface area contributed by atoms with Crippen molar-refractivity contribution >= 4 is 23.2 Å². The van der Waals surface area contributed by atoms with Crippen molar-refractivity contribution in [2.24, 2.45) is 5.92 Å². The van der Waals surface area contributed by atoms with Crippen LogP contribution in [0.2, 0.25) is 5.02 Å². The van der Waals surface area contributed by atoms with Crippen LogP contribution in [0.3, 0.4) is 0 Å². The minimum Gasteiger partial charge on any atom is -0.496 e. The lowest BCUT2D eigenvalue weighted by Gasteiger charge is -2.32. The summed E-state index contributed by atoms with van der Waals surface area (Å²) in [6, 6.07) is 3.14. The van der Waals surface area contributed by atoms with E-state index in [9.17, 15) is 4.79 Å². The Morgan fingerprint density at radius 1 is 1.36 bits per heavy atom. The fourth-order valence-electron chi connectivity index (χ4n) is 3.47. The van der Waals surface area contributed by atoms with Gasteiger partial charge in [-0.3, -0.25) is 9.48 Å². The number of methoxy groups -OCH3 is 1. The number of piperidine rings is 1. The van der Waals surface area contributed by atoms with E-state index >= 15 is 0 Å². The Balaban J connectivity index is 1.40. The van der Waals surface area contributed by atoms with Gasteiger partial charge in [-0.15, -0.1) is 0 Å². The monoisotopic (exact) mass is 406 g/mol. The Morgan fingerprint density at radius 3 is 2.82 bits per heavy atom. The number of anilines is 1. The first-order chi connectivity index (χ1) is 13.6. The first-order valence-electron chi connectivity index (χ1n) is 9.52. The van der Waals surface area contributed by atoms with Gasteiger partial charge in [0.1, 0.15) is 18.4 Å². The van der Waals surface area contributed by atoms with Gasteiger partial charge in [0.2, 0.25) is 0 Å². The van der Waals surface area contributed by atoms with Gasteiger partial charge in [-0.1, -0.05) is 11.6 Å². The topological polar surface area (TPSA) is 98.3 Å². The van der Waals surface area contributed by atoms with Crippen molar-refractivity contribution in [1.29, 1.82) is 0 Å². The van der Waals surface area contributed by atoms with Crippen LogP contribution in [-0.2, 0) is 6.54 Å². The van der Waals surface area contributed by atoms with Crippen molar-refractivity contribution in [2.45, 2.75) is 25.8 Å². The van der Waals surface area contributed by atoms with Gasteiger partial charge in [-0.05, 0) is 50.9 Å². The smallest absolute Gasteiger partial charge is 0.255 e. The van der Waals surface area contributed by atoms with Crippen LogP contribution in [0.4, 0.5) is 5.69 Å². The lowest BCUT2D eigenvalue weighted by Crippen LogP contribution is -2.39. The summed E-state index contributed by atoms with van der Waals surface area (Å²) in [7, 11) is 1.51. The van der Waals surface area contributed by atoms with Gasteiger partial charge >= 0.3 is 0 Å². The Hall–Kier alpha value is -2.32. The molecule has 3 rings (SSSR count). The SMILES string of the molecule is COc1cc(N)c(Cl)cc1C(=O)NCC1CCN(CCCn2cncn2)CC1. The summed E-state index contributed by atoms with van der Waals surface area (Å²) in [5.74, 6) is 0.723. The minimum atomic E-state index is -0.186. The van der Waals surface area contributed by atoms with Crippen molar-refractivity contribution in [2.75, 3.05) is 39.0 Å². The number of likely N-dealkylation sites (tertiary alicyclic amines) is 1. The van der Waals surface area contributed by atoms with Gasteiger partial charge in [-0.25, -0.2) is 4.98 Å². The number of nitrogen functional groups attached to an aromatic ring is 1. The summed E-state index contributed by atoms with van der Waals surface area (Å²) in [4.78, 5) is 19.0. The quantitative estimate of drug-likeness (QED) is 0.651. The van der Waals surface area contributed by atoms with E-state index in [2.05, 4.69) is 20.3 Å². The molecular formula is C19H27ClN6O2. The predicted octanol–water partition coefficient (Wildman–Crippen LogP) is 2.05. The van der Waals surface area contributed by atoms with E-state index in [1.807, 2.05) is 4.68 Å². The molecule has 9 heteroatoms. The highest BCUT2D eigenvalue weighted by Gasteiger charge is 2.21. The van der Waals surface area contributed by atoms with E-state index < -0.39 is 0 Å². The zero-order valence-corrected chi connectivity index (χ0v) is 16.9. The Kier molecular flexibility index (Phi) is 7.11. The lowest BCUT2D eigenvalue weighted by molar-refractivity contribution is 0.0933. The van der Waals surface area contributed by atoms with E-state index in [1.165, 1.54) is 7.11 Å². The van der Waals surface area contributed by atoms with Gasteiger partial charge in [0.25, 0.3) is 5.91 Å². The van der Waals surface area contributed by atoms with Gasteiger partial charge in [0, 0.05) is 19.2 Å². The first-order valence-corrected chi connectivity index (χ1v) is 9.90. The van der Waals surface area contributed by atoms with Gasteiger partial charge < -0.3 is 20.7 Å². The molecule has 1 aliphatic heterocycles. The Bertz CT molecular complexity index is 775. The average Bonchev–Trinajstić information content (AvgIpc) is 3.22. The Morgan fingerprint density at radius 2 is 2.14 bits per heavy atom. The van der Waals surface area contributed by atoms with Crippen LogP contribution in [0.25, 0.3) is 0 Å². The van der Waals surface area contributed by atoms with Gasteiger partial charge in [0.05, 0.1) is 23.4 Å². The third-order valence-electron chi connectivity index (χ3n) is 5.15. The molecule has 0 atom stereocenters. The summed E-state index contributed by atoms with van der Waals surface area (Å²) in [5, 5.41) is 7.49. The first kappa shape index (κ1) is 20.4. The van der Waals surface area contributed by atoms with Crippen molar-refractivity contribution in [3.05, 3.63) is 35.4 Å². The summed E-state index contributed by atoms with van der Waals surface area (Å²) in [5.41, 5.74) is 6.58. The van der Waals surface area contributed by atoms with Crippen LogP contribution >= 0.6 is 11.6 Å². The molecule has 2 aromatic rings. The molecule has 3 N–H and O–H groups in total. The molecule has 0 saturated carbocycles. The normalized spacial score (nSPS) is 15.5. The number of hydrogen-bond donors (Lipinski definition) is 2. The van der Waals surface area contributed by atoms with Crippen molar-refractivity contribution in [3.63, 3.8) is 0 Å². The number of halogens is 1. The number of benzene rings is 1. The maximum absolute atomic E-state index is 12.5. The maximum atomic E-state index is 12.5. The van der Waals surface area contributed by atoms with Crippen LogP contribution in [0.1, 0.15) is 29.6 Å². The fraction of sp³-hybridized carbons (Fsp3) is 0.526. The standard InChI is InChI=1S/C19H27ClN6O2/c1-28-18-10-17(21)16(20)9-15(18)19(27)23-11-14-3-7-25(8-4-14)5-2-6-26-13-22-12-24-26/h9-10,12-14H,2-8,11,21H2,1H3,(H,23,27). The third kappa shape index (κ3) is 5.36. The second-order valence-corrected chi connectivity index (χ2v) is 7.49.